The Hall–Kier alpha value is -2.63. The number of rotatable bonds is 8. The highest BCUT2D eigenvalue weighted by molar-refractivity contribution is 8.00. The number of benzene rings is 1. The number of ether oxygens (including phenoxy) is 1. The molecular weight excluding hydrogens is 404 g/mol. The maximum Gasteiger partial charge on any atom is 0.239 e. The second kappa shape index (κ2) is 9.72. The van der Waals surface area contributed by atoms with Crippen LogP contribution in [0.5, 0.6) is 5.75 Å². The molecule has 1 aromatic carbocycles. The van der Waals surface area contributed by atoms with Crippen molar-refractivity contribution in [2.75, 3.05) is 12.4 Å². The van der Waals surface area contributed by atoms with Gasteiger partial charge in [-0.05, 0) is 50.1 Å². The van der Waals surface area contributed by atoms with Gasteiger partial charge in [0, 0.05) is 5.69 Å². The minimum atomic E-state index is -0.419. The Morgan fingerprint density at radius 2 is 2.17 bits per heavy atom. The first-order chi connectivity index (χ1) is 14.0. The predicted octanol–water partition coefficient (Wildman–Crippen LogP) is 5.03. The number of hydrogen-bond donors (Lipinski definition) is 1. The quantitative estimate of drug-likeness (QED) is 0.508. The SMILES string of the molecule is CCCCc1ccc(C#N)c(SC(C)C(=O)Nc2nc3ccc(OC)cc3s2)n1. The first kappa shape index (κ1) is 21.1. The molecule has 0 bridgehead atoms. The molecule has 1 N–H and O–H groups in total. The van der Waals surface area contributed by atoms with E-state index >= 15 is 0 Å². The van der Waals surface area contributed by atoms with Gasteiger partial charge in [0.2, 0.25) is 5.91 Å². The van der Waals surface area contributed by atoms with Crippen LogP contribution in [-0.4, -0.2) is 28.2 Å². The van der Waals surface area contributed by atoms with E-state index in [4.69, 9.17) is 4.74 Å². The van der Waals surface area contributed by atoms with Gasteiger partial charge in [-0.25, -0.2) is 9.97 Å². The van der Waals surface area contributed by atoms with Crippen LogP contribution in [0.4, 0.5) is 5.13 Å². The Kier molecular flexibility index (Phi) is 7.07. The Labute approximate surface area is 178 Å². The van der Waals surface area contributed by atoms with Gasteiger partial charge in [-0.2, -0.15) is 5.26 Å². The Morgan fingerprint density at radius 3 is 2.90 bits per heavy atom. The summed E-state index contributed by atoms with van der Waals surface area (Å²) >= 11 is 2.69. The number of nitrogens with one attached hydrogen (secondary N) is 1. The Bertz CT molecular complexity index is 1060. The van der Waals surface area contributed by atoms with Gasteiger partial charge in [0.15, 0.2) is 5.13 Å². The maximum atomic E-state index is 12.7. The molecule has 1 unspecified atom stereocenters. The van der Waals surface area contributed by atoms with Crippen molar-refractivity contribution in [3.63, 3.8) is 0 Å². The maximum absolute atomic E-state index is 12.7. The summed E-state index contributed by atoms with van der Waals surface area (Å²) in [5, 5.41) is 13.0. The van der Waals surface area contributed by atoms with Gasteiger partial charge < -0.3 is 10.1 Å². The molecule has 2 aromatic heterocycles. The third-order valence-electron chi connectivity index (χ3n) is 4.31. The zero-order valence-corrected chi connectivity index (χ0v) is 18.2. The van der Waals surface area contributed by atoms with Crippen molar-refractivity contribution >= 4 is 44.4 Å². The number of aromatic nitrogens is 2. The van der Waals surface area contributed by atoms with E-state index in [1.165, 1.54) is 23.1 Å². The van der Waals surface area contributed by atoms with Gasteiger partial charge in [0.25, 0.3) is 0 Å². The third kappa shape index (κ3) is 5.25. The van der Waals surface area contributed by atoms with E-state index in [1.807, 2.05) is 24.3 Å². The third-order valence-corrected chi connectivity index (χ3v) is 6.34. The molecule has 3 aromatic rings. The zero-order valence-electron chi connectivity index (χ0n) is 16.6. The standard InChI is InChI=1S/C21H22N4O2S2/c1-4-5-6-15-8-7-14(12-22)20(23-15)28-13(2)19(26)25-21-24-17-10-9-16(27-3)11-18(17)29-21/h7-11,13H,4-6H2,1-3H3,(H,24,25,26). The first-order valence-electron chi connectivity index (χ1n) is 9.36. The van der Waals surface area contributed by atoms with Crippen molar-refractivity contribution in [3.05, 3.63) is 41.6 Å². The first-order valence-corrected chi connectivity index (χ1v) is 11.1. The molecular formula is C21H22N4O2S2. The van der Waals surface area contributed by atoms with Crippen molar-refractivity contribution < 1.29 is 9.53 Å². The van der Waals surface area contributed by atoms with Crippen molar-refractivity contribution in [2.45, 2.75) is 43.4 Å². The van der Waals surface area contributed by atoms with Crippen LogP contribution >= 0.6 is 23.1 Å². The molecule has 0 saturated heterocycles. The minimum absolute atomic E-state index is 0.175. The second-order valence-corrected chi connectivity index (χ2v) is 8.83. The number of aryl methyl sites for hydroxylation is 1. The van der Waals surface area contributed by atoms with Gasteiger partial charge in [0.1, 0.15) is 16.8 Å². The summed E-state index contributed by atoms with van der Waals surface area (Å²) in [4.78, 5) is 21.7. The van der Waals surface area contributed by atoms with Gasteiger partial charge >= 0.3 is 0 Å². The number of hydrogen-bond acceptors (Lipinski definition) is 7. The van der Waals surface area contributed by atoms with Gasteiger partial charge in [0.05, 0.1) is 28.1 Å². The topological polar surface area (TPSA) is 87.9 Å². The highest BCUT2D eigenvalue weighted by atomic mass is 32.2. The molecule has 0 aliphatic rings. The molecule has 1 atom stereocenters. The number of anilines is 1. The number of methoxy groups -OCH3 is 1. The van der Waals surface area contributed by atoms with E-state index in [0.717, 1.165) is 40.9 Å². The smallest absolute Gasteiger partial charge is 0.239 e. The molecule has 150 valence electrons. The van der Waals surface area contributed by atoms with Crippen molar-refractivity contribution in [1.82, 2.24) is 9.97 Å². The van der Waals surface area contributed by atoms with E-state index in [1.54, 1.807) is 20.1 Å². The lowest BCUT2D eigenvalue weighted by Crippen LogP contribution is -2.22. The molecule has 0 fully saturated rings. The van der Waals surface area contributed by atoms with Gasteiger partial charge in [-0.15, -0.1) is 0 Å². The summed E-state index contributed by atoms with van der Waals surface area (Å²) in [6.45, 7) is 3.93. The zero-order chi connectivity index (χ0) is 20.8. The molecule has 6 nitrogen and oxygen atoms in total. The summed E-state index contributed by atoms with van der Waals surface area (Å²) in [6.07, 6.45) is 2.99. The number of fused-ring (bicyclic) bond motifs is 1. The lowest BCUT2D eigenvalue weighted by Gasteiger charge is -2.12. The van der Waals surface area contributed by atoms with Crippen LogP contribution in [0, 0.1) is 11.3 Å². The summed E-state index contributed by atoms with van der Waals surface area (Å²) in [5.74, 6) is 0.576. The number of nitriles is 1. The van der Waals surface area contributed by atoms with Crippen LogP contribution in [0.15, 0.2) is 35.4 Å². The number of amides is 1. The fourth-order valence-corrected chi connectivity index (χ4v) is 4.47. The van der Waals surface area contributed by atoms with E-state index < -0.39 is 5.25 Å². The second-order valence-electron chi connectivity index (χ2n) is 6.47. The molecule has 0 radical (unpaired) electrons. The largest absolute Gasteiger partial charge is 0.497 e. The van der Waals surface area contributed by atoms with Crippen LogP contribution in [0.3, 0.4) is 0 Å². The molecule has 29 heavy (non-hydrogen) atoms. The summed E-state index contributed by atoms with van der Waals surface area (Å²) in [7, 11) is 1.62. The molecule has 3 rings (SSSR count). The normalized spacial score (nSPS) is 11.8. The number of thioether (sulfide) groups is 1. The monoisotopic (exact) mass is 426 g/mol. The van der Waals surface area contributed by atoms with E-state index in [0.29, 0.717) is 15.7 Å². The average molecular weight is 427 g/mol. The summed E-state index contributed by atoms with van der Waals surface area (Å²) in [5.41, 5.74) is 2.24. The van der Waals surface area contributed by atoms with Gasteiger partial charge in [-0.1, -0.05) is 36.4 Å². The summed E-state index contributed by atoms with van der Waals surface area (Å²) < 4.78 is 6.17. The lowest BCUT2D eigenvalue weighted by molar-refractivity contribution is -0.115. The number of unbranched alkanes of at least 4 members (excludes halogenated alkanes) is 1. The summed E-state index contributed by atoms with van der Waals surface area (Å²) in [6, 6.07) is 11.4. The number of thiazole rings is 1. The molecule has 0 saturated carbocycles. The van der Waals surface area contributed by atoms with Crippen LogP contribution in [-0.2, 0) is 11.2 Å². The predicted molar refractivity (Wildman–Crippen MR) is 118 cm³/mol. The molecule has 2 heterocycles. The molecule has 0 aliphatic heterocycles. The van der Waals surface area contributed by atoms with Crippen LogP contribution in [0.1, 0.15) is 37.9 Å². The highest BCUT2D eigenvalue weighted by Gasteiger charge is 2.19. The number of carbonyl (C=O) groups is 1. The van der Waals surface area contributed by atoms with Crippen LogP contribution in [0.25, 0.3) is 10.2 Å². The van der Waals surface area contributed by atoms with Crippen molar-refractivity contribution in [1.29, 1.82) is 5.26 Å². The Balaban J connectivity index is 1.71. The van der Waals surface area contributed by atoms with E-state index in [-0.39, 0.29) is 5.91 Å². The molecule has 0 spiro atoms. The van der Waals surface area contributed by atoms with Crippen molar-refractivity contribution in [3.8, 4) is 11.8 Å². The molecule has 1 amide bonds. The van der Waals surface area contributed by atoms with Crippen LogP contribution in [0.2, 0.25) is 0 Å². The minimum Gasteiger partial charge on any atom is -0.497 e. The number of nitrogens with zero attached hydrogens (tertiary/aromatic N) is 3. The van der Waals surface area contributed by atoms with Crippen molar-refractivity contribution in [2.24, 2.45) is 0 Å². The lowest BCUT2D eigenvalue weighted by atomic mass is 10.2. The van der Waals surface area contributed by atoms with E-state index in [2.05, 4.69) is 28.3 Å². The highest BCUT2D eigenvalue weighted by Crippen LogP contribution is 2.31. The molecule has 0 aliphatic carbocycles. The fourth-order valence-electron chi connectivity index (χ4n) is 2.66. The van der Waals surface area contributed by atoms with E-state index in [9.17, 15) is 10.1 Å². The van der Waals surface area contributed by atoms with Crippen LogP contribution < -0.4 is 10.1 Å². The molecule has 8 heteroatoms. The number of pyridine rings is 1. The van der Waals surface area contributed by atoms with Gasteiger partial charge in [-0.3, -0.25) is 4.79 Å². The average Bonchev–Trinajstić information content (AvgIpc) is 3.13. The number of carbonyl (C=O) groups excluding carboxylic acids is 1. The fraction of sp³-hybridized carbons (Fsp3) is 0.333. The Morgan fingerprint density at radius 1 is 1.34 bits per heavy atom.